The number of hydrogen-bond donors (Lipinski definition) is 2. The summed E-state index contributed by atoms with van der Waals surface area (Å²) in [4.78, 5) is 60.7. The van der Waals surface area contributed by atoms with Crippen LogP contribution in [0, 0.1) is 11.8 Å². The maximum atomic E-state index is 12.3. The minimum atomic E-state index is -0.805. The number of furan rings is 1. The van der Waals surface area contributed by atoms with Crippen molar-refractivity contribution in [2.45, 2.75) is 25.8 Å². The molecule has 1 aromatic heterocycles. The first-order chi connectivity index (χ1) is 14.0. The lowest BCUT2D eigenvalue weighted by Crippen LogP contribution is -2.41. The first-order valence-electron chi connectivity index (χ1n) is 9.21. The monoisotopic (exact) mass is 403 g/mol. The molecule has 0 radical (unpaired) electrons. The van der Waals surface area contributed by atoms with Gasteiger partial charge in [-0.25, -0.2) is 4.79 Å². The molecule has 0 saturated carbocycles. The van der Waals surface area contributed by atoms with Gasteiger partial charge in [-0.15, -0.1) is 0 Å². The number of ether oxygens (including phenoxy) is 1. The van der Waals surface area contributed by atoms with E-state index in [2.05, 4.69) is 5.32 Å². The van der Waals surface area contributed by atoms with Crippen LogP contribution in [0.1, 0.15) is 25.0 Å². The molecule has 1 fully saturated rings. The lowest BCUT2D eigenvalue weighted by Gasteiger charge is -2.14. The minimum Gasteiger partial charge on any atom is -0.467 e. The number of fused-ring (bicyclic) bond motifs is 1. The fraction of sp³-hybridized carbons (Fsp3) is 0.421. The molecule has 3 rings (SSSR count). The number of urea groups is 1. The highest BCUT2D eigenvalue weighted by Crippen LogP contribution is 2.34. The number of likely N-dealkylation sites (tertiary alicyclic amines) is 1. The fourth-order valence-corrected chi connectivity index (χ4v) is 3.30. The Hall–Kier alpha value is -3.43. The Bertz CT molecular complexity index is 805. The van der Waals surface area contributed by atoms with Crippen LogP contribution in [-0.4, -0.2) is 47.8 Å². The Morgan fingerprint density at radius 1 is 1.14 bits per heavy atom. The van der Waals surface area contributed by atoms with Gasteiger partial charge in [-0.05, 0) is 25.0 Å². The first kappa shape index (κ1) is 20.3. The molecule has 0 spiro atoms. The number of esters is 1. The van der Waals surface area contributed by atoms with Crippen LogP contribution in [0.4, 0.5) is 4.79 Å². The standard InChI is InChI=1S/C19H21N3O7/c23-15(21-19(27)20-10-12-4-3-9-28-12)11-29-16(24)7-8-22-17(25)13-5-1-2-6-14(13)18(22)26/h1-4,9,13-14H,5-8,10-11H2,(H2,20,21,23,27). The molecule has 1 saturated heterocycles. The first-order valence-corrected chi connectivity index (χ1v) is 9.21. The molecule has 2 N–H and O–H groups in total. The van der Waals surface area contributed by atoms with Crippen molar-refractivity contribution in [3.05, 3.63) is 36.3 Å². The molecule has 2 unspecified atom stereocenters. The lowest BCUT2D eigenvalue weighted by atomic mass is 9.85. The van der Waals surface area contributed by atoms with Crippen LogP contribution in [0.2, 0.25) is 0 Å². The molecule has 2 aliphatic rings. The second kappa shape index (κ2) is 9.18. The van der Waals surface area contributed by atoms with E-state index in [0.717, 1.165) is 4.90 Å². The molecule has 1 aromatic rings. The molecule has 1 aliphatic carbocycles. The summed E-state index contributed by atoms with van der Waals surface area (Å²) in [5.41, 5.74) is 0. The molecule has 5 amide bonds. The van der Waals surface area contributed by atoms with Crippen LogP contribution in [0.3, 0.4) is 0 Å². The third kappa shape index (κ3) is 5.09. The van der Waals surface area contributed by atoms with Crippen molar-refractivity contribution in [3.8, 4) is 0 Å². The van der Waals surface area contributed by atoms with E-state index in [1.165, 1.54) is 6.26 Å². The van der Waals surface area contributed by atoms with Gasteiger partial charge in [0.05, 0.1) is 31.1 Å². The van der Waals surface area contributed by atoms with Crippen LogP contribution in [0.25, 0.3) is 0 Å². The van der Waals surface area contributed by atoms with Gasteiger partial charge in [0.2, 0.25) is 11.8 Å². The topological polar surface area (TPSA) is 135 Å². The Labute approximate surface area is 166 Å². The predicted molar refractivity (Wildman–Crippen MR) is 96.7 cm³/mol. The quantitative estimate of drug-likeness (QED) is 0.384. The molecular weight excluding hydrogens is 382 g/mol. The van der Waals surface area contributed by atoms with Crippen LogP contribution in [-0.2, 0) is 30.5 Å². The molecule has 154 valence electrons. The Morgan fingerprint density at radius 3 is 2.45 bits per heavy atom. The van der Waals surface area contributed by atoms with Gasteiger partial charge in [0, 0.05) is 6.54 Å². The van der Waals surface area contributed by atoms with Crippen LogP contribution >= 0.6 is 0 Å². The highest BCUT2D eigenvalue weighted by atomic mass is 16.5. The summed E-state index contributed by atoms with van der Waals surface area (Å²) >= 11 is 0. The van der Waals surface area contributed by atoms with Crippen molar-refractivity contribution in [1.82, 2.24) is 15.5 Å². The normalized spacial score (nSPS) is 20.3. The van der Waals surface area contributed by atoms with E-state index >= 15 is 0 Å². The average molecular weight is 403 g/mol. The number of allylic oxidation sites excluding steroid dienone is 2. The van der Waals surface area contributed by atoms with Crippen molar-refractivity contribution in [1.29, 1.82) is 0 Å². The molecule has 29 heavy (non-hydrogen) atoms. The number of carbonyl (C=O) groups is 5. The summed E-state index contributed by atoms with van der Waals surface area (Å²) in [6.45, 7) is -0.639. The van der Waals surface area contributed by atoms with E-state index in [1.54, 1.807) is 12.1 Å². The van der Waals surface area contributed by atoms with E-state index in [4.69, 9.17) is 9.15 Å². The Morgan fingerprint density at radius 2 is 1.83 bits per heavy atom. The van der Waals surface area contributed by atoms with Gasteiger partial charge in [-0.3, -0.25) is 29.4 Å². The van der Waals surface area contributed by atoms with Crippen molar-refractivity contribution in [2.75, 3.05) is 13.2 Å². The summed E-state index contributed by atoms with van der Waals surface area (Å²) in [7, 11) is 0. The molecule has 10 heteroatoms. The molecular formula is C19H21N3O7. The van der Waals surface area contributed by atoms with E-state index in [0.29, 0.717) is 18.6 Å². The molecule has 1 aliphatic heterocycles. The third-order valence-electron chi connectivity index (χ3n) is 4.76. The lowest BCUT2D eigenvalue weighted by molar-refractivity contribution is -0.149. The molecule has 0 aromatic carbocycles. The highest BCUT2D eigenvalue weighted by Gasteiger charge is 2.46. The zero-order valence-corrected chi connectivity index (χ0v) is 15.6. The molecule has 2 atom stereocenters. The maximum Gasteiger partial charge on any atom is 0.321 e. The zero-order chi connectivity index (χ0) is 20.8. The highest BCUT2D eigenvalue weighted by molar-refractivity contribution is 6.05. The van der Waals surface area contributed by atoms with Crippen molar-refractivity contribution >= 4 is 29.7 Å². The van der Waals surface area contributed by atoms with Gasteiger partial charge >= 0.3 is 12.0 Å². The van der Waals surface area contributed by atoms with Gasteiger partial charge in [0.1, 0.15) is 5.76 Å². The smallest absolute Gasteiger partial charge is 0.321 e. The van der Waals surface area contributed by atoms with Crippen LogP contribution < -0.4 is 10.6 Å². The van der Waals surface area contributed by atoms with E-state index in [9.17, 15) is 24.0 Å². The fourth-order valence-electron chi connectivity index (χ4n) is 3.30. The number of nitrogens with zero attached hydrogens (tertiary/aromatic N) is 1. The molecule has 0 bridgehead atoms. The number of nitrogens with one attached hydrogen (secondary N) is 2. The summed E-state index contributed by atoms with van der Waals surface area (Å²) in [5.74, 6) is -2.29. The van der Waals surface area contributed by atoms with Gasteiger partial charge in [-0.1, -0.05) is 12.2 Å². The number of rotatable bonds is 7. The number of imide groups is 2. The van der Waals surface area contributed by atoms with Crippen molar-refractivity contribution in [3.63, 3.8) is 0 Å². The maximum absolute atomic E-state index is 12.3. The van der Waals surface area contributed by atoms with Crippen LogP contribution in [0.5, 0.6) is 0 Å². The number of hydrogen-bond acceptors (Lipinski definition) is 7. The minimum absolute atomic E-state index is 0.0885. The summed E-state index contributed by atoms with van der Waals surface area (Å²) in [6.07, 6.45) is 6.05. The van der Waals surface area contributed by atoms with Crippen molar-refractivity contribution < 1.29 is 33.1 Å². The SMILES string of the molecule is O=C(COC(=O)CCN1C(=O)C2CC=CCC2C1=O)NC(=O)NCc1ccco1. The van der Waals surface area contributed by atoms with Crippen LogP contribution in [0.15, 0.2) is 35.0 Å². The van der Waals surface area contributed by atoms with Gasteiger partial charge in [-0.2, -0.15) is 0 Å². The summed E-state index contributed by atoms with van der Waals surface area (Å²) in [5, 5.41) is 4.42. The van der Waals surface area contributed by atoms with Gasteiger partial charge in [0.25, 0.3) is 5.91 Å². The third-order valence-corrected chi connectivity index (χ3v) is 4.76. The van der Waals surface area contributed by atoms with Gasteiger partial charge < -0.3 is 14.5 Å². The second-order valence-electron chi connectivity index (χ2n) is 6.70. The van der Waals surface area contributed by atoms with Gasteiger partial charge in [0.15, 0.2) is 6.61 Å². The predicted octanol–water partition coefficient (Wildman–Crippen LogP) is 0.490. The summed E-state index contributed by atoms with van der Waals surface area (Å²) < 4.78 is 9.82. The van der Waals surface area contributed by atoms with Crippen molar-refractivity contribution in [2.24, 2.45) is 11.8 Å². The average Bonchev–Trinajstić information content (AvgIpc) is 3.31. The van der Waals surface area contributed by atoms with E-state index < -0.39 is 24.5 Å². The number of carbonyl (C=O) groups excluding carboxylic acids is 5. The molecule has 2 heterocycles. The molecule has 10 nitrogen and oxygen atoms in total. The van der Waals surface area contributed by atoms with E-state index in [-0.39, 0.29) is 43.2 Å². The Kier molecular flexibility index (Phi) is 6.43. The zero-order valence-electron chi connectivity index (χ0n) is 15.6. The number of amides is 5. The van der Waals surface area contributed by atoms with E-state index in [1.807, 2.05) is 17.5 Å². The summed E-state index contributed by atoms with van der Waals surface area (Å²) in [6, 6.07) is 2.56. The largest absolute Gasteiger partial charge is 0.467 e. The Balaban J connectivity index is 1.34. The second-order valence-corrected chi connectivity index (χ2v) is 6.70.